The summed E-state index contributed by atoms with van der Waals surface area (Å²) in [6.07, 6.45) is -70.8. The van der Waals surface area contributed by atoms with Crippen LogP contribution in [0.4, 0.5) is 4.39 Å². The number of H-pyrrole nitrogens is 1. The van der Waals surface area contributed by atoms with Crippen molar-refractivity contribution in [3.05, 3.63) is 143 Å². The van der Waals surface area contributed by atoms with Crippen molar-refractivity contribution >= 4 is 634 Å². The van der Waals surface area contributed by atoms with Gasteiger partial charge < -0.3 is 14.5 Å². The van der Waals surface area contributed by atoms with E-state index in [-0.39, 0.29) is 17.9 Å². The number of para-hydroxylation sites is 1. The first-order valence-corrected chi connectivity index (χ1v) is 43.7. The van der Waals surface area contributed by atoms with Gasteiger partial charge in [-0.3, -0.25) is 4.90 Å². The third kappa shape index (κ3) is 28.8. The third-order valence-electron chi connectivity index (χ3n) is 27.6. The second kappa shape index (κ2) is 53.6. The van der Waals surface area contributed by atoms with Crippen LogP contribution in [-0.4, -0.2) is 656 Å². The van der Waals surface area contributed by atoms with Gasteiger partial charge in [0, 0.05) is 664 Å². The van der Waals surface area contributed by atoms with E-state index in [1.807, 2.05) is 41.2 Å². The molecule has 6 aromatic rings. The Labute approximate surface area is 864 Å². The molecule has 0 fully saturated rings. The van der Waals surface area contributed by atoms with Crippen molar-refractivity contribution in [1.29, 1.82) is 0 Å². The zero-order valence-corrected chi connectivity index (χ0v) is 74.6. The summed E-state index contributed by atoms with van der Waals surface area (Å²) in [7, 11) is 315. The van der Waals surface area contributed by atoms with Gasteiger partial charge in [-0.2, -0.15) is 5.10 Å². The number of ether oxygens (including phenoxy) is 2. The molecular formula is C36H31B88FN4O2. The maximum Gasteiger partial charge on any atom is 0.161 e. The zero-order valence-electron chi connectivity index (χ0n) is 74.6. The summed E-state index contributed by atoms with van der Waals surface area (Å²) in [5, 5.41) is 5.55. The number of fused-ring (bicyclic) bond motifs is 6. The summed E-state index contributed by atoms with van der Waals surface area (Å²) in [5.74, 6) is 1.27. The van der Waals surface area contributed by atoms with Crippen LogP contribution in [0.5, 0.6) is 11.5 Å². The first-order valence-electron chi connectivity index (χ1n) is 43.7. The number of hydrogen-bond donors (Lipinski definition) is 1. The largest absolute Gasteiger partial charge is 0.493 e. The van der Waals surface area contributed by atoms with Crippen LogP contribution in [-0.2, 0) is 19.4 Å². The molecule has 2 aliphatic heterocycles. The Hall–Kier alpha value is 0.834. The predicted molar refractivity (Wildman–Crippen MR) is 671 cm³/mol. The Morgan fingerprint density at radius 1 is 0.359 bits per heavy atom. The molecule has 95 heteroatoms. The topological polar surface area (TPSA) is 55.3 Å². The molecule has 2 aromatic heterocycles. The lowest BCUT2D eigenvalue weighted by molar-refractivity contribution is 0.127. The fraction of sp³-hybridized carbons (Fsp3) is 0.194. The summed E-state index contributed by atoms with van der Waals surface area (Å²) in [5.41, 5.74) is 9.40. The summed E-state index contributed by atoms with van der Waals surface area (Å²) < 4.78 is 28.0. The minimum absolute atomic E-state index is 0.00142. The van der Waals surface area contributed by atoms with Gasteiger partial charge in [0.15, 0.2) is 11.5 Å². The molecule has 6 nitrogen and oxygen atoms in total. The van der Waals surface area contributed by atoms with E-state index in [0.717, 1.165) is 53.2 Å². The zero-order chi connectivity index (χ0) is 98.7. The van der Waals surface area contributed by atoms with Gasteiger partial charge in [0.1, 0.15) is 12.4 Å². The molecular weight excluding hydrogens is 1490 g/mol. The van der Waals surface area contributed by atoms with Crippen LogP contribution in [0.3, 0.4) is 0 Å². The summed E-state index contributed by atoms with van der Waals surface area (Å²) in [6, 6.07) is 30.1. The van der Waals surface area contributed by atoms with Gasteiger partial charge in [-0.05, 0) is 89.2 Å². The highest BCUT2D eigenvalue weighted by atomic mass is 19.1. The molecule has 4 heterocycles. The number of rotatable bonds is 48. The van der Waals surface area contributed by atoms with Crippen molar-refractivity contribution < 1.29 is 13.9 Å². The molecule has 4 aromatic carbocycles. The maximum absolute atomic E-state index is 14.0. The van der Waals surface area contributed by atoms with E-state index in [0.29, 0.717) is 6.61 Å². The quantitative estimate of drug-likeness (QED) is 0.0387. The predicted octanol–water partition coefficient (Wildman–Crippen LogP) is -26.2. The van der Waals surface area contributed by atoms with Gasteiger partial charge in [-0.25, -0.2) is 9.07 Å². The molecule has 2 atom stereocenters. The average Bonchev–Trinajstić information content (AvgIpc) is 1.53. The van der Waals surface area contributed by atoms with E-state index in [2.05, 4.69) is 63.5 Å². The minimum atomic E-state index is -2.10. The number of benzene rings is 4. The van der Waals surface area contributed by atoms with E-state index in [1.165, 1.54) is 27.8 Å². The standard InChI is InChI=1S/C36H31FN4O2.B88/c1-42-33-21-29-25(19-34(33)43-22-23-7-13-27(14-8-23)41-17-4-16-38-41)15-18-40-32(29)20-30-28-5-2-3-6-31(28)39-35(30)36(40)24-9-11-26(37)12-10-24;1-46(2)68(45)79(67(43)44)85(80(69(47(3)4)48(5)6)70(49(7)8)50(9)10)88(86(81(71(51(11)12)52(13)14)72(53(15)16)54(17)18)82(73(55(19)20)56(21)22)74(57(23)24)58(25)26)87(83(75(59(27)28)60(29)30)76(61(31)32)62(33)34)84(77(63(35)36)64(37)38)78(65(39)40)66(41)42/h2-14,16-17,19,21,32,36,39H,15,18,20,22H2,1H3;. The minimum Gasteiger partial charge on any atom is -0.493 e. The van der Waals surface area contributed by atoms with Crippen molar-refractivity contribution in [1.82, 2.24) is 19.7 Å². The smallest absolute Gasteiger partial charge is 0.161 e. The van der Waals surface area contributed by atoms with Crippen LogP contribution in [0.15, 0.2) is 103 Å². The fourth-order valence-electron chi connectivity index (χ4n) is 22.6. The van der Waals surface area contributed by atoms with E-state index in [4.69, 9.17) is 358 Å². The molecule has 0 bridgehead atoms. The lowest BCUT2D eigenvalue weighted by atomic mass is 8.19. The number of aromatic nitrogens is 3. The first-order chi connectivity index (χ1) is 61.1. The number of hydrogen-bond acceptors (Lipinski definition) is 4. The monoisotopic (exact) mass is 1540 g/mol. The van der Waals surface area contributed by atoms with E-state index >= 15 is 0 Å². The maximum atomic E-state index is 14.0. The molecule has 0 aliphatic carbocycles. The number of nitrogens with one attached hydrogen (secondary N) is 1. The summed E-state index contributed by atoms with van der Waals surface area (Å²) in [6.45, 7) is 1.32. The highest BCUT2D eigenvalue weighted by molar-refractivity contribution is 8.42. The van der Waals surface area contributed by atoms with Crippen LogP contribution < -0.4 is 9.47 Å². The van der Waals surface area contributed by atoms with Gasteiger partial charge in [0.25, 0.3) is 0 Å². The summed E-state index contributed by atoms with van der Waals surface area (Å²) in [4.78, 5) is 6.29. The average molecular weight is 1520 g/mol. The van der Waals surface area contributed by atoms with E-state index in [1.54, 1.807) is 25.4 Å². The van der Waals surface area contributed by atoms with Gasteiger partial charge in [0.2, 0.25) is 0 Å². The van der Waals surface area contributed by atoms with Crippen LogP contribution >= 0.6 is 0 Å². The molecule has 0 spiro atoms. The lowest BCUT2D eigenvalue weighted by Crippen LogP contribution is -3.00. The molecule has 2 unspecified atom stereocenters. The van der Waals surface area contributed by atoms with Crippen molar-refractivity contribution in [2.75, 3.05) is 13.7 Å². The Balaban J connectivity index is 0.000000444. The molecule has 131 heavy (non-hydrogen) atoms. The number of halogens is 1. The third-order valence-corrected chi connectivity index (χ3v) is 27.6. The van der Waals surface area contributed by atoms with Crippen molar-refractivity contribution in [3.8, 4) is 17.2 Å². The second-order valence-electron chi connectivity index (χ2n) is 36.2. The van der Waals surface area contributed by atoms with Crippen LogP contribution in [0.1, 0.15) is 45.6 Å². The molecule has 1 N–H and O–H groups in total. The van der Waals surface area contributed by atoms with E-state index < -0.39 is 275 Å². The summed E-state index contributed by atoms with van der Waals surface area (Å²) >= 11 is 0. The number of nitrogens with zero attached hydrogens (tertiary/aromatic N) is 3. The Kier molecular flexibility index (Phi) is 48.6. The van der Waals surface area contributed by atoms with Crippen molar-refractivity contribution in [2.24, 2.45) is 0 Å². The highest BCUT2D eigenvalue weighted by Crippen LogP contribution is 2.50. The van der Waals surface area contributed by atoms with Gasteiger partial charge >= 0.3 is 0 Å². The molecule has 8 rings (SSSR count). The molecule has 2 aliphatic rings. The van der Waals surface area contributed by atoms with Gasteiger partial charge in [-0.15, -0.1) is 0 Å². The van der Waals surface area contributed by atoms with Gasteiger partial charge in [0.05, 0.1) is 18.8 Å². The Bertz CT molecular complexity index is 3980. The molecule has 478 valence electrons. The normalized spacial score (nSPS) is 12.4. The number of aromatic amines is 1. The SMILES string of the molecule is COc1cc2c(cc1OCc1ccc(-n3cccn3)cc1)CCN1C2Cc2c([nH]c3ccccc23)C1c1ccc(F)cc1.[B]B([B])B([B])B(B([B])[B])B(B(B(B([B])[B])B([B])[B])B(B([B])[B])B([B])[B])B(B(B(B(B([B])[B])B([B])[B])B(B([B])[B])B([B])[B])B(B(B([B])[B])B([B])[B])B(B([B])[B])B([B])[B])B(B(B(B([B])[B])B([B])[B])B(B([B])[B])B([B])[B])B(B(B([B])[B])B([B])[B])B(B([B])[B])B([B])[B]. The molecule has 90 radical (unpaired) electrons. The van der Waals surface area contributed by atoms with E-state index in [9.17, 15) is 4.39 Å². The fourth-order valence-corrected chi connectivity index (χ4v) is 22.6. The molecule has 0 saturated heterocycles. The first kappa shape index (κ1) is 119. The highest BCUT2D eigenvalue weighted by Gasteiger charge is 2.67. The Morgan fingerprint density at radius 3 is 0.985 bits per heavy atom. The lowest BCUT2D eigenvalue weighted by Gasteiger charge is -2.62. The van der Waals surface area contributed by atoms with Crippen LogP contribution in [0.25, 0.3) is 16.6 Å². The Morgan fingerprint density at radius 2 is 0.679 bits per heavy atom. The number of methoxy groups -OCH3 is 1. The van der Waals surface area contributed by atoms with Crippen LogP contribution in [0, 0.1) is 5.82 Å². The molecule has 0 saturated carbocycles. The van der Waals surface area contributed by atoms with Gasteiger partial charge in [-0.1, -0.05) is 42.5 Å². The van der Waals surface area contributed by atoms with Crippen molar-refractivity contribution in [3.63, 3.8) is 0 Å². The van der Waals surface area contributed by atoms with Crippen LogP contribution in [0.2, 0.25) is 0 Å². The van der Waals surface area contributed by atoms with Crippen molar-refractivity contribution in [2.45, 2.75) is 31.5 Å². The molecule has 0 amide bonds. The second-order valence-corrected chi connectivity index (χ2v) is 36.2.